The first-order chi connectivity index (χ1) is 8.79. The Hall–Kier alpha value is -0.760. The molecule has 1 fully saturated rings. The zero-order chi connectivity index (χ0) is 12.8. The summed E-state index contributed by atoms with van der Waals surface area (Å²) >= 11 is 0. The molecule has 2 heteroatoms. The van der Waals surface area contributed by atoms with Gasteiger partial charge in [0.05, 0.1) is 6.26 Å². The highest BCUT2D eigenvalue weighted by Gasteiger charge is 2.26. The van der Waals surface area contributed by atoms with Crippen molar-refractivity contribution in [2.75, 3.05) is 6.54 Å². The summed E-state index contributed by atoms with van der Waals surface area (Å²) in [6.45, 7) is 5.76. The molecule has 1 aliphatic rings. The third kappa shape index (κ3) is 3.88. The van der Waals surface area contributed by atoms with E-state index in [4.69, 9.17) is 4.42 Å². The van der Waals surface area contributed by atoms with Gasteiger partial charge in [0.15, 0.2) is 0 Å². The second-order valence-corrected chi connectivity index (χ2v) is 5.88. The van der Waals surface area contributed by atoms with E-state index in [2.05, 4.69) is 25.2 Å². The van der Waals surface area contributed by atoms with Crippen LogP contribution in [0, 0.1) is 11.8 Å². The fraction of sp³-hybridized carbons (Fsp3) is 0.750. The first kappa shape index (κ1) is 13.7. The minimum atomic E-state index is 0.596. The summed E-state index contributed by atoms with van der Waals surface area (Å²) in [7, 11) is 0. The molecule has 3 atom stereocenters. The van der Waals surface area contributed by atoms with E-state index in [0.29, 0.717) is 6.04 Å². The zero-order valence-corrected chi connectivity index (χ0v) is 11.8. The lowest BCUT2D eigenvalue weighted by atomic mass is 9.77. The van der Waals surface area contributed by atoms with Gasteiger partial charge in [-0.1, -0.05) is 26.7 Å². The molecule has 0 aromatic carbocycles. The number of nitrogens with one attached hydrogen (secondary N) is 1. The van der Waals surface area contributed by atoms with Crippen LogP contribution in [0.5, 0.6) is 0 Å². The van der Waals surface area contributed by atoms with Gasteiger partial charge in [-0.15, -0.1) is 0 Å². The standard InChI is InChI=1S/C16H27NO/c1-3-9-17-16(12-15-8-5-10-18-15)14-7-4-6-13(2)11-14/h5,8,10,13-14,16-17H,3-4,6-7,9,11-12H2,1-2H3. The summed E-state index contributed by atoms with van der Waals surface area (Å²) in [6, 6.07) is 4.70. The molecule has 0 bridgehead atoms. The van der Waals surface area contributed by atoms with Crippen LogP contribution in [0.2, 0.25) is 0 Å². The van der Waals surface area contributed by atoms with Gasteiger partial charge in [0.1, 0.15) is 5.76 Å². The number of hydrogen-bond donors (Lipinski definition) is 1. The molecule has 2 nitrogen and oxygen atoms in total. The Kier molecular flexibility index (Phi) is 5.30. The van der Waals surface area contributed by atoms with Crippen molar-refractivity contribution >= 4 is 0 Å². The van der Waals surface area contributed by atoms with Crippen LogP contribution in [0.25, 0.3) is 0 Å². The Morgan fingerprint density at radius 3 is 3.00 bits per heavy atom. The van der Waals surface area contributed by atoms with Crippen LogP contribution in [0.4, 0.5) is 0 Å². The molecule has 1 aromatic rings. The van der Waals surface area contributed by atoms with E-state index < -0.39 is 0 Å². The third-order valence-electron chi connectivity index (χ3n) is 4.20. The lowest BCUT2D eigenvalue weighted by Gasteiger charge is -2.33. The van der Waals surface area contributed by atoms with Crippen molar-refractivity contribution in [1.82, 2.24) is 5.32 Å². The Balaban J connectivity index is 1.94. The molecule has 0 spiro atoms. The van der Waals surface area contributed by atoms with E-state index in [-0.39, 0.29) is 0 Å². The molecule has 1 aliphatic carbocycles. The average molecular weight is 249 g/mol. The predicted molar refractivity (Wildman–Crippen MR) is 75.6 cm³/mol. The molecule has 102 valence electrons. The minimum Gasteiger partial charge on any atom is -0.469 e. The Bertz CT molecular complexity index is 320. The first-order valence-corrected chi connectivity index (χ1v) is 7.55. The smallest absolute Gasteiger partial charge is 0.105 e. The third-order valence-corrected chi connectivity index (χ3v) is 4.20. The lowest BCUT2D eigenvalue weighted by molar-refractivity contribution is 0.216. The van der Waals surface area contributed by atoms with Gasteiger partial charge < -0.3 is 9.73 Å². The fourth-order valence-electron chi connectivity index (χ4n) is 3.23. The van der Waals surface area contributed by atoms with Crippen LogP contribution < -0.4 is 5.32 Å². The molecule has 1 saturated carbocycles. The Labute approximate surface area is 111 Å². The van der Waals surface area contributed by atoms with E-state index in [1.165, 1.54) is 32.1 Å². The topological polar surface area (TPSA) is 25.2 Å². The van der Waals surface area contributed by atoms with Crippen molar-refractivity contribution in [3.05, 3.63) is 24.2 Å². The largest absolute Gasteiger partial charge is 0.469 e. The van der Waals surface area contributed by atoms with Crippen LogP contribution in [0.1, 0.15) is 51.7 Å². The zero-order valence-electron chi connectivity index (χ0n) is 11.8. The molecule has 0 saturated heterocycles. The highest BCUT2D eigenvalue weighted by molar-refractivity contribution is 5.01. The highest BCUT2D eigenvalue weighted by Crippen LogP contribution is 2.32. The van der Waals surface area contributed by atoms with E-state index in [9.17, 15) is 0 Å². The normalized spacial score (nSPS) is 26.1. The maximum absolute atomic E-state index is 5.52. The highest BCUT2D eigenvalue weighted by atomic mass is 16.3. The van der Waals surface area contributed by atoms with Gasteiger partial charge in [-0.3, -0.25) is 0 Å². The monoisotopic (exact) mass is 249 g/mol. The Morgan fingerprint density at radius 1 is 1.44 bits per heavy atom. The average Bonchev–Trinajstić information content (AvgIpc) is 2.87. The van der Waals surface area contributed by atoms with Crippen LogP contribution in [0.15, 0.2) is 22.8 Å². The summed E-state index contributed by atoms with van der Waals surface area (Å²) in [5.41, 5.74) is 0. The second-order valence-electron chi connectivity index (χ2n) is 5.88. The molecule has 0 amide bonds. The number of hydrogen-bond acceptors (Lipinski definition) is 2. The molecule has 1 N–H and O–H groups in total. The Morgan fingerprint density at radius 2 is 2.33 bits per heavy atom. The van der Waals surface area contributed by atoms with Gasteiger partial charge in [-0.05, 0) is 49.8 Å². The summed E-state index contributed by atoms with van der Waals surface area (Å²) < 4.78 is 5.52. The SMILES string of the molecule is CCCNC(Cc1ccco1)C1CCCC(C)C1. The van der Waals surface area contributed by atoms with Gasteiger partial charge in [0.25, 0.3) is 0 Å². The van der Waals surface area contributed by atoms with Gasteiger partial charge in [-0.25, -0.2) is 0 Å². The molecule has 2 rings (SSSR count). The van der Waals surface area contributed by atoms with Crippen molar-refractivity contribution in [1.29, 1.82) is 0 Å². The maximum atomic E-state index is 5.52. The molecule has 18 heavy (non-hydrogen) atoms. The van der Waals surface area contributed by atoms with E-state index >= 15 is 0 Å². The summed E-state index contributed by atoms with van der Waals surface area (Å²) in [5.74, 6) is 2.85. The van der Waals surface area contributed by atoms with Crippen LogP contribution in [-0.2, 0) is 6.42 Å². The molecule has 1 heterocycles. The van der Waals surface area contributed by atoms with Crippen LogP contribution in [-0.4, -0.2) is 12.6 Å². The van der Waals surface area contributed by atoms with Gasteiger partial charge in [0.2, 0.25) is 0 Å². The number of rotatable bonds is 6. The van der Waals surface area contributed by atoms with Crippen molar-refractivity contribution in [3.8, 4) is 0 Å². The van der Waals surface area contributed by atoms with Crippen molar-refractivity contribution in [2.24, 2.45) is 11.8 Å². The van der Waals surface area contributed by atoms with E-state index in [1.807, 2.05) is 6.07 Å². The second kappa shape index (κ2) is 6.98. The molecular weight excluding hydrogens is 222 g/mol. The summed E-state index contributed by atoms with van der Waals surface area (Å²) in [4.78, 5) is 0. The molecular formula is C16H27NO. The van der Waals surface area contributed by atoms with Crippen LogP contribution >= 0.6 is 0 Å². The summed E-state index contributed by atoms with van der Waals surface area (Å²) in [6.07, 6.45) is 9.61. The maximum Gasteiger partial charge on any atom is 0.105 e. The van der Waals surface area contributed by atoms with Crippen molar-refractivity contribution in [2.45, 2.75) is 58.4 Å². The van der Waals surface area contributed by atoms with Gasteiger partial charge in [-0.2, -0.15) is 0 Å². The van der Waals surface area contributed by atoms with Crippen molar-refractivity contribution in [3.63, 3.8) is 0 Å². The van der Waals surface area contributed by atoms with Gasteiger partial charge in [0, 0.05) is 12.5 Å². The summed E-state index contributed by atoms with van der Waals surface area (Å²) in [5, 5.41) is 3.74. The molecule has 0 aliphatic heterocycles. The number of furan rings is 1. The molecule has 3 unspecified atom stereocenters. The quantitative estimate of drug-likeness (QED) is 0.824. The molecule has 1 aromatic heterocycles. The first-order valence-electron chi connectivity index (χ1n) is 7.55. The predicted octanol–water partition coefficient (Wildman–Crippen LogP) is 4.02. The van der Waals surface area contributed by atoms with Gasteiger partial charge >= 0.3 is 0 Å². The fourth-order valence-corrected chi connectivity index (χ4v) is 3.23. The minimum absolute atomic E-state index is 0.596. The van der Waals surface area contributed by atoms with E-state index in [1.54, 1.807) is 6.26 Å². The van der Waals surface area contributed by atoms with Crippen LogP contribution in [0.3, 0.4) is 0 Å². The molecule has 0 radical (unpaired) electrons. The van der Waals surface area contributed by atoms with E-state index in [0.717, 1.165) is 30.6 Å². The lowest BCUT2D eigenvalue weighted by Crippen LogP contribution is -2.40. The van der Waals surface area contributed by atoms with Crippen molar-refractivity contribution < 1.29 is 4.42 Å².